The summed E-state index contributed by atoms with van der Waals surface area (Å²) in [5.41, 5.74) is -0.392. The number of hydrogen-bond donors (Lipinski definition) is 2. The molecular formula is C13H13N3O2. The molecule has 1 atom stereocenters. The van der Waals surface area contributed by atoms with Crippen LogP contribution in [0.25, 0.3) is 0 Å². The Balaban J connectivity index is 2.27. The highest BCUT2D eigenvalue weighted by molar-refractivity contribution is 6.00. The van der Waals surface area contributed by atoms with E-state index in [1.807, 2.05) is 6.92 Å². The molecule has 1 aliphatic rings. The third-order valence-electron chi connectivity index (χ3n) is 3.31. The number of H-pyrrole nitrogens is 1. The van der Waals surface area contributed by atoms with Crippen LogP contribution in [0.15, 0.2) is 36.7 Å². The summed E-state index contributed by atoms with van der Waals surface area (Å²) < 4.78 is 0. The zero-order valence-corrected chi connectivity index (χ0v) is 9.92. The van der Waals surface area contributed by atoms with E-state index < -0.39 is 5.72 Å². The van der Waals surface area contributed by atoms with Crippen molar-refractivity contribution in [1.29, 1.82) is 0 Å². The average molecular weight is 243 g/mol. The van der Waals surface area contributed by atoms with Gasteiger partial charge in [-0.05, 0) is 13.0 Å². The fourth-order valence-corrected chi connectivity index (χ4v) is 2.50. The first-order chi connectivity index (χ1) is 8.69. The Labute approximate surface area is 104 Å². The predicted molar refractivity (Wildman–Crippen MR) is 64.7 cm³/mol. The lowest BCUT2D eigenvalue weighted by Crippen LogP contribution is -2.45. The molecule has 1 aromatic carbocycles. The topological polar surface area (TPSA) is 69.2 Å². The molecule has 0 spiro atoms. The Hall–Kier alpha value is -2.14. The largest absolute Gasteiger partial charge is 0.361 e. The first-order valence-electron chi connectivity index (χ1n) is 5.83. The smallest absolute Gasteiger partial charge is 0.257 e. The Morgan fingerprint density at radius 1 is 1.44 bits per heavy atom. The second-order valence-electron chi connectivity index (χ2n) is 4.20. The van der Waals surface area contributed by atoms with Gasteiger partial charge in [-0.2, -0.15) is 0 Å². The number of hydrogen-bond acceptors (Lipinski definition) is 3. The molecule has 2 N–H and O–H groups in total. The van der Waals surface area contributed by atoms with Gasteiger partial charge in [0.05, 0.1) is 0 Å². The molecule has 1 aliphatic heterocycles. The first-order valence-corrected chi connectivity index (χ1v) is 5.83. The minimum atomic E-state index is -1.49. The SMILES string of the molecule is CCN1C(=O)c2ccccc2[C@]1(O)c1ncc[nH]1. The van der Waals surface area contributed by atoms with Gasteiger partial charge in [0.1, 0.15) is 0 Å². The fraction of sp³-hybridized carbons (Fsp3) is 0.231. The van der Waals surface area contributed by atoms with Crippen LogP contribution in [0.3, 0.4) is 0 Å². The molecule has 5 nitrogen and oxygen atoms in total. The monoisotopic (exact) mass is 243 g/mol. The lowest BCUT2D eigenvalue weighted by atomic mass is 10.0. The average Bonchev–Trinajstić information content (AvgIpc) is 2.99. The number of aromatic nitrogens is 2. The normalized spacial score (nSPS) is 22.3. The van der Waals surface area contributed by atoms with E-state index in [0.717, 1.165) is 0 Å². The molecule has 2 heterocycles. The summed E-state index contributed by atoms with van der Waals surface area (Å²) in [6, 6.07) is 7.07. The van der Waals surface area contributed by atoms with Gasteiger partial charge in [0, 0.05) is 30.1 Å². The number of carbonyl (C=O) groups is 1. The summed E-state index contributed by atoms with van der Waals surface area (Å²) in [6.07, 6.45) is 3.19. The van der Waals surface area contributed by atoms with Gasteiger partial charge in [-0.15, -0.1) is 0 Å². The van der Waals surface area contributed by atoms with Crippen molar-refractivity contribution < 1.29 is 9.90 Å². The second kappa shape index (κ2) is 3.68. The molecule has 0 aliphatic carbocycles. The van der Waals surface area contributed by atoms with E-state index in [2.05, 4.69) is 9.97 Å². The molecule has 92 valence electrons. The van der Waals surface area contributed by atoms with Crippen molar-refractivity contribution >= 4 is 5.91 Å². The van der Waals surface area contributed by atoms with E-state index in [-0.39, 0.29) is 5.91 Å². The molecule has 0 saturated heterocycles. The second-order valence-corrected chi connectivity index (χ2v) is 4.20. The van der Waals surface area contributed by atoms with Crippen LogP contribution in [-0.2, 0) is 5.72 Å². The molecule has 0 unspecified atom stereocenters. The first kappa shape index (κ1) is 11.0. The highest BCUT2D eigenvalue weighted by Crippen LogP contribution is 2.40. The molecule has 0 fully saturated rings. The molecule has 0 radical (unpaired) electrons. The summed E-state index contributed by atoms with van der Waals surface area (Å²) in [6.45, 7) is 2.24. The number of benzene rings is 1. The predicted octanol–water partition coefficient (Wildman–Crippen LogP) is 1.08. The Morgan fingerprint density at radius 3 is 2.89 bits per heavy atom. The number of carbonyl (C=O) groups excluding carboxylic acids is 1. The number of fused-ring (bicyclic) bond motifs is 1. The minimum Gasteiger partial charge on any atom is -0.361 e. The zero-order chi connectivity index (χ0) is 12.8. The highest BCUT2D eigenvalue weighted by atomic mass is 16.3. The van der Waals surface area contributed by atoms with Crippen LogP contribution in [0.2, 0.25) is 0 Å². The van der Waals surface area contributed by atoms with Crippen molar-refractivity contribution in [3.63, 3.8) is 0 Å². The Morgan fingerprint density at radius 2 is 2.22 bits per heavy atom. The quantitative estimate of drug-likeness (QED) is 0.829. The van der Waals surface area contributed by atoms with Crippen LogP contribution in [0.5, 0.6) is 0 Å². The van der Waals surface area contributed by atoms with E-state index in [1.165, 1.54) is 4.90 Å². The number of rotatable bonds is 2. The van der Waals surface area contributed by atoms with E-state index in [1.54, 1.807) is 36.7 Å². The maximum atomic E-state index is 12.3. The molecule has 18 heavy (non-hydrogen) atoms. The van der Waals surface area contributed by atoms with Crippen LogP contribution in [0, 0.1) is 0 Å². The molecule has 5 heteroatoms. The molecule has 1 aromatic heterocycles. The van der Waals surface area contributed by atoms with Crippen molar-refractivity contribution in [2.45, 2.75) is 12.6 Å². The summed E-state index contributed by atoms with van der Waals surface area (Å²) in [5.74, 6) is 0.189. The van der Waals surface area contributed by atoms with Crippen molar-refractivity contribution in [3.8, 4) is 0 Å². The maximum absolute atomic E-state index is 12.3. The Kier molecular flexibility index (Phi) is 2.24. The number of aromatic amines is 1. The van der Waals surface area contributed by atoms with Crippen LogP contribution in [-0.4, -0.2) is 32.4 Å². The van der Waals surface area contributed by atoms with Gasteiger partial charge in [-0.1, -0.05) is 18.2 Å². The van der Waals surface area contributed by atoms with E-state index in [0.29, 0.717) is 23.5 Å². The van der Waals surface area contributed by atoms with Crippen molar-refractivity contribution in [3.05, 3.63) is 53.6 Å². The van der Waals surface area contributed by atoms with Gasteiger partial charge in [0.2, 0.25) is 5.72 Å². The Bertz CT molecular complexity index is 594. The molecule has 1 amide bonds. The van der Waals surface area contributed by atoms with E-state index in [9.17, 15) is 9.90 Å². The van der Waals surface area contributed by atoms with Gasteiger partial charge in [-0.3, -0.25) is 4.79 Å². The van der Waals surface area contributed by atoms with Crippen molar-refractivity contribution in [2.75, 3.05) is 6.54 Å². The number of amides is 1. The van der Waals surface area contributed by atoms with E-state index >= 15 is 0 Å². The fourth-order valence-electron chi connectivity index (χ4n) is 2.50. The molecule has 3 rings (SSSR count). The van der Waals surface area contributed by atoms with Gasteiger partial charge in [-0.25, -0.2) is 4.98 Å². The maximum Gasteiger partial charge on any atom is 0.257 e. The molecular weight excluding hydrogens is 230 g/mol. The van der Waals surface area contributed by atoms with Crippen LogP contribution in [0.4, 0.5) is 0 Å². The summed E-state index contributed by atoms with van der Waals surface area (Å²) >= 11 is 0. The summed E-state index contributed by atoms with van der Waals surface area (Å²) in [4.78, 5) is 20.7. The van der Waals surface area contributed by atoms with Gasteiger partial charge < -0.3 is 15.0 Å². The lowest BCUT2D eigenvalue weighted by molar-refractivity contribution is -0.0534. The third kappa shape index (κ3) is 1.19. The van der Waals surface area contributed by atoms with Crippen LogP contribution in [0.1, 0.15) is 28.7 Å². The highest BCUT2D eigenvalue weighted by Gasteiger charge is 2.50. The number of imidazole rings is 1. The third-order valence-corrected chi connectivity index (χ3v) is 3.31. The van der Waals surface area contributed by atoms with Gasteiger partial charge in [0.15, 0.2) is 5.82 Å². The number of aliphatic hydroxyl groups is 1. The van der Waals surface area contributed by atoms with Crippen molar-refractivity contribution in [2.24, 2.45) is 0 Å². The zero-order valence-electron chi connectivity index (χ0n) is 9.92. The summed E-state index contributed by atoms with van der Waals surface area (Å²) in [5, 5.41) is 10.9. The van der Waals surface area contributed by atoms with Crippen molar-refractivity contribution in [1.82, 2.24) is 14.9 Å². The van der Waals surface area contributed by atoms with Crippen LogP contribution >= 0.6 is 0 Å². The molecule has 2 aromatic rings. The standard InChI is InChI=1S/C13H13N3O2/c1-2-16-11(17)9-5-3-4-6-10(9)13(16,18)12-14-7-8-15-12/h3-8,18H,2H2,1H3,(H,14,15)/t13-/m0/s1. The minimum absolute atomic E-state index is 0.174. The number of nitrogens with zero attached hydrogens (tertiary/aromatic N) is 2. The molecule has 0 saturated carbocycles. The number of nitrogens with one attached hydrogen (secondary N) is 1. The van der Waals surface area contributed by atoms with Gasteiger partial charge in [0.25, 0.3) is 5.91 Å². The van der Waals surface area contributed by atoms with Crippen LogP contribution < -0.4 is 0 Å². The van der Waals surface area contributed by atoms with Gasteiger partial charge >= 0.3 is 0 Å². The summed E-state index contributed by atoms with van der Waals surface area (Å²) in [7, 11) is 0. The molecule has 0 bridgehead atoms. The van der Waals surface area contributed by atoms with E-state index in [4.69, 9.17) is 0 Å². The lowest BCUT2D eigenvalue weighted by Gasteiger charge is -2.31.